The zero-order chi connectivity index (χ0) is 17.6. The lowest BCUT2D eigenvalue weighted by molar-refractivity contribution is -0.126. The Labute approximate surface area is 141 Å². The van der Waals surface area contributed by atoms with E-state index in [4.69, 9.17) is 9.79 Å². The molecular formula is C17H34NO4P. The highest BCUT2D eigenvalue weighted by Crippen LogP contribution is 2.35. The summed E-state index contributed by atoms with van der Waals surface area (Å²) in [6.07, 6.45) is 11.6. The Bertz CT molecular complexity index is 368. The van der Waals surface area contributed by atoms with Gasteiger partial charge in [-0.25, -0.2) is 0 Å². The van der Waals surface area contributed by atoms with E-state index in [0.717, 1.165) is 70.9 Å². The Kier molecular flexibility index (Phi) is 13.4. The molecule has 0 saturated carbocycles. The minimum absolute atomic E-state index is 0.0118. The fraction of sp³-hybridized carbons (Fsp3) is 0.824. The number of amides is 1. The molecule has 2 N–H and O–H groups in total. The zero-order valence-corrected chi connectivity index (χ0v) is 15.5. The van der Waals surface area contributed by atoms with Crippen molar-refractivity contribution in [2.45, 2.75) is 71.1 Å². The topological polar surface area (TPSA) is 77.8 Å². The van der Waals surface area contributed by atoms with Gasteiger partial charge in [-0.05, 0) is 25.3 Å². The smallest absolute Gasteiger partial charge is 0.325 e. The molecule has 0 aliphatic rings. The van der Waals surface area contributed by atoms with E-state index in [1.807, 2.05) is 4.90 Å². The van der Waals surface area contributed by atoms with E-state index in [9.17, 15) is 9.36 Å². The van der Waals surface area contributed by atoms with E-state index in [1.54, 1.807) is 0 Å². The van der Waals surface area contributed by atoms with Crippen LogP contribution >= 0.6 is 7.60 Å². The van der Waals surface area contributed by atoms with E-state index in [2.05, 4.69) is 13.5 Å². The molecule has 5 nitrogen and oxygen atoms in total. The molecule has 0 aromatic rings. The maximum atomic E-state index is 11.7. The first kappa shape index (κ1) is 22.4. The molecule has 0 atom stereocenters. The van der Waals surface area contributed by atoms with Gasteiger partial charge in [0, 0.05) is 19.3 Å². The molecule has 0 fully saturated rings. The number of hydrogen-bond acceptors (Lipinski definition) is 2. The normalized spacial score (nSPS) is 11.4. The molecule has 0 heterocycles. The Morgan fingerprint density at radius 3 is 1.91 bits per heavy atom. The molecule has 6 heteroatoms. The van der Waals surface area contributed by atoms with Crippen molar-refractivity contribution in [1.29, 1.82) is 0 Å². The monoisotopic (exact) mass is 347 g/mol. The van der Waals surface area contributed by atoms with Crippen LogP contribution in [0.15, 0.2) is 12.7 Å². The van der Waals surface area contributed by atoms with Crippen LogP contribution in [0.4, 0.5) is 0 Å². The largest absolute Gasteiger partial charge is 0.339 e. The van der Waals surface area contributed by atoms with E-state index >= 15 is 0 Å². The first-order valence-electron chi connectivity index (χ1n) is 8.86. The second-order valence-corrected chi connectivity index (χ2v) is 7.88. The highest BCUT2D eigenvalue weighted by Gasteiger charge is 2.11. The van der Waals surface area contributed by atoms with Crippen molar-refractivity contribution in [3.8, 4) is 0 Å². The first-order chi connectivity index (χ1) is 10.9. The maximum absolute atomic E-state index is 11.7. The second kappa shape index (κ2) is 13.8. The van der Waals surface area contributed by atoms with Crippen molar-refractivity contribution in [3.63, 3.8) is 0 Å². The van der Waals surface area contributed by atoms with Gasteiger partial charge in [0.15, 0.2) is 0 Å². The third kappa shape index (κ3) is 14.7. The SMILES string of the molecule is C=CC(=O)N(CCCC)CCCCCCCCCCP(=O)(O)O. The second-order valence-electron chi connectivity index (χ2n) is 6.10. The minimum atomic E-state index is -3.80. The molecule has 0 saturated heterocycles. The van der Waals surface area contributed by atoms with Crippen LogP contribution in [0.25, 0.3) is 0 Å². The third-order valence-corrected chi connectivity index (χ3v) is 4.79. The lowest BCUT2D eigenvalue weighted by Crippen LogP contribution is -2.31. The van der Waals surface area contributed by atoms with Gasteiger partial charge in [0.2, 0.25) is 5.91 Å². The Balaban J connectivity index is 3.54. The van der Waals surface area contributed by atoms with Crippen molar-refractivity contribution < 1.29 is 19.1 Å². The van der Waals surface area contributed by atoms with Crippen molar-refractivity contribution in [3.05, 3.63) is 12.7 Å². The zero-order valence-electron chi connectivity index (χ0n) is 14.6. The highest BCUT2D eigenvalue weighted by atomic mass is 31.2. The fourth-order valence-corrected chi connectivity index (χ4v) is 3.13. The van der Waals surface area contributed by atoms with Gasteiger partial charge in [-0.1, -0.05) is 58.4 Å². The Morgan fingerprint density at radius 2 is 1.43 bits per heavy atom. The van der Waals surface area contributed by atoms with Gasteiger partial charge in [-0.3, -0.25) is 9.36 Å². The fourth-order valence-electron chi connectivity index (χ4n) is 2.49. The number of rotatable bonds is 15. The van der Waals surface area contributed by atoms with Gasteiger partial charge in [-0.2, -0.15) is 0 Å². The number of nitrogens with zero attached hydrogens (tertiary/aromatic N) is 1. The van der Waals surface area contributed by atoms with Gasteiger partial charge in [0.25, 0.3) is 0 Å². The maximum Gasteiger partial charge on any atom is 0.325 e. The standard InChI is InChI=1S/C17H34NO4P/c1-3-5-14-18(17(19)4-2)15-12-10-8-6-7-9-11-13-16-23(20,21)22/h4H,2-3,5-16H2,1H3,(H2,20,21,22). The molecule has 0 aliphatic carbocycles. The predicted molar refractivity (Wildman–Crippen MR) is 95.5 cm³/mol. The van der Waals surface area contributed by atoms with Crippen molar-refractivity contribution in [2.75, 3.05) is 19.3 Å². The average molecular weight is 347 g/mol. The van der Waals surface area contributed by atoms with Crippen LogP contribution in [-0.4, -0.2) is 39.8 Å². The molecule has 0 rings (SSSR count). The summed E-state index contributed by atoms with van der Waals surface area (Å²) in [5.74, 6) is 0.0310. The summed E-state index contributed by atoms with van der Waals surface area (Å²) in [6, 6.07) is 0. The van der Waals surface area contributed by atoms with Gasteiger partial charge in [0.1, 0.15) is 0 Å². The van der Waals surface area contributed by atoms with Gasteiger partial charge < -0.3 is 14.7 Å². The summed E-state index contributed by atoms with van der Waals surface area (Å²) in [5.41, 5.74) is 0. The van der Waals surface area contributed by atoms with E-state index in [1.165, 1.54) is 6.08 Å². The van der Waals surface area contributed by atoms with Crippen molar-refractivity contribution in [2.24, 2.45) is 0 Å². The lowest BCUT2D eigenvalue weighted by Gasteiger charge is -2.20. The number of carbonyl (C=O) groups is 1. The van der Waals surface area contributed by atoms with Crippen LogP contribution < -0.4 is 0 Å². The van der Waals surface area contributed by atoms with E-state index < -0.39 is 7.60 Å². The molecule has 0 radical (unpaired) electrons. The lowest BCUT2D eigenvalue weighted by atomic mass is 10.1. The molecular weight excluding hydrogens is 313 g/mol. The molecule has 0 bridgehead atoms. The quantitative estimate of drug-likeness (QED) is 0.266. The van der Waals surface area contributed by atoms with Crippen LogP contribution in [0.3, 0.4) is 0 Å². The summed E-state index contributed by atoms with van der Waals surface area (Å²) in [4.78, 5) is 31.1. The van der Waals surface area contributed by atoms with Crippen LogP contribution in [0, 0.1) is 0 Å². The molecule has 0 unspecified atom stereocenters. The van der Waals surface area contributed by atoms with E-state index in [0.29, 0.717) is 6.42 Å². The Morgan fingerprint density at radius 1 is 0.957 bits per heavy atom. The van der Waals surface area contributed by atoms with Gasteiger partial charge in [0.05, 0.1) is 0 Å². The van der Waals surface area contributed by atoms with Crippen LogP contribution in [-0.2, 0) is 9.36 Å². The summed E-state index contributed by atoms with van der Waals surface area (Å²) in [5, 5.41) is 0. The average Bonchev–Trinajstić information content (AvgIpc) is 2.50. The molecule has 1 amide bonds. The van der Waals surface area contributed by atoms with Crippen LogP contribution in [0.1, 0.15) is 71.1 Å². The van der Waals surface area contributed by atoms with Crippen molar-refractivity contribution >= 4 is 13.5 Å². The van der Waals surface area contributed by atoms with Gasteiger partial charge >= 0.3 is 7.60 Å². The molecule has 136 valence electrons. The van der Waals surface area contributed by atoms with Crippen LogP contribution in [0.5, 0.6) is 0 Å². The summed E-state index contributed by atoms with van der Waals surface area (Å²) < 4.78 is 10.7. The summed E-state index contributed by atoms with van der Waals surface area (Å²) in [7, 11) is -3.80. The first-order valence-corrected chi connectivity index (χ1v) is 10.7. The molecule has 0 spiro atoms. The minimum Gasteiger partial charge on any atom is -0.339 e. The predicted octanol–water partition coefficient (Wildman–Crippen LogP) is 4.10. The highest BCUT2D eigenvalue weighted by molar-refractivity contribution is 7.51. The molecule has 23 heavy (non-hydrogen) atoms. The Hall–Kier alpha value is -0.640. The van der Waals surface area contributed by atoms with Crippen molar-refractivity contribution in [1.82, 2.24) is 4.90 Å². The molecule has 0 aliphatic heterocycles. The number of unbranched alkanes of at least 4 members (excludes halogenated alkanes) is 8. The van der Waals surface area contributed by atoms with E-state index in [-0.39, 0.29) is 12.1 Å². The number of carbonyl (C=O) groups excluding carboxylic acids is 1. The number of hydrogen-bond donors (Lipinski definition) is 2. The molecule has 0 aromatic heterocycles. The summed E-state index contributed by atoms with van der Waals surface area (Å²) in [6.45, 7) is 7.31. The van der Waals surface area contributed by atoms with Crippen LogP contribution in [0.2, 0.25) is 0 Å². The molecule has 0 aromatic carbocycles. The third-order valence-electron chi connectivity index (χ3n) is 3.90. The summed E-state index contributed by atoms with van der Waals surface area (Å²) >= 11 is 0. The van der Waals surface area contributed by atoms with Gasteiger partial charge in [-0.15, -0.1) is 0 Å².